The van der Waals surface area contributed by atoms with Gasteiger partial charge in [-0.15, -0.1) is 0 Å². The van der Waals surface area contributed by atoms with Crippen LogP contribution in [0.3, 0.4) is 0 Å². The molecule has 0 bridgehead atoms. The molecule has 5 heteroatoms. The van der Waals surface area contributed by atoms with Gasteiger partial charge in [-0.05, 0) is 30.5 Å². The third-order valence-electron chi connectivity index (χ3n) is 5.49. The summed E-state index contributed by atoms with van der Waals surface area (Å²) in [6.45, 7) is 5.57. The smallest absolute Gasteiger partial charge is 0.160 e. The number of aromatic hydroxyl groups is 1. The van der Waals surface area contributed by atoms with Crippen molar-refractivity contribution in [2.24, 2.45) is 0 Å². The number of ether oxygens (including phenoxy) is 2. The lowest BCUT2D eigenvalue weighted by Crippen LogP contribution is -2.59. The molecule has 2 aliphatic rings. The Morgan fingerprint density at radius 1 is 1.21 bits per heavy atom. The van der Waals surface area contributed by atoms with Gasteiger partial charge in [0, 0.05) is 31.7 Å². The van der Waals surface area contributed by atoms with Crippen molar-refractivity contribution in [2.45, 2.75) is 44.2 Å². The second kappa shape index (κ2) is 8.19. The van der Waals surface area contributed by atoms with Crippen molar-refractivity contribution >= 4 is 0 Å². The molecule has 0 amide bonds. The number of nitrogens with zero attached hydrogens (tertiary/aromatic N) is 1. The highest BCUT2D eigenvalue weighted by molar-refractivity contribution is 5.41. The Kier molecular flexibility index (Phi) is 5.98. The van der Waals surface area contributed by atoms with Gasteiger partial charge in [-0.3, -0.25) is 4.90 Å². The fraction of sp³-hybridized carbons (Fsp3) is 0.684. The molecule has 2 fully saturated rings. The van der Waals surface area contributed by atoms with Gasteiger partial charge in [0.15, 0.2) is 11.5 Å². The Balaban J connectivity index is 1.60. The van der Waals surface area contributed by atoms with Crippen LogP contribution in [0.15, 0.2) is 18.2 Å². The van der Waals surface area contributed by atoms with Crippen LogP contribution in [0.4, 0.5) is 0 Å². The van der Waals surface area contributed by atoms with Gasteiger partial charge < -0.3 is 19.9 Å². The molecule has 1 aromatic carbocycles. The monoisotopic (exact) mass is 334 g/mol. The zero-order valence-electron chi connectivity index (χ0n) is 14.7. The fourth-order valence-electron chi connectivity index (χ4n) is 4.14. The molecule has 24 heavy (non-hydrogen) atoms. The molecule has 1 heterocycles. The van der Waals surface area contributed by atoms with Crippen molar-refractivity contribution in [1.82, 2.24) is 10.2 Å². The Morgan fingerprint density at radius 2 is 1.96 bits per heavy atom. The molecule has 2 N–H and O–H groups in total. The average molecular weight is 334 g/mol. The molecule has 0 atom stereocenters. The van der Waals surface area contributed by atoms with E-state index in [9.17, 15) is 5.11 Å². The Hall–Kier alpha value is -1.30. The molecule has 5 nitrogen and oxygen atoms in total. The number of benzene rings is 1. The molecule has 1 aliphatic carbocycles. The lowest BCUT2D eigenvalue weighted by Gasteiger charge is -2.48. The van der Waals surface area contributed by atoms with E-state index in [-0.39, 0.29) is 11.3 Å². The Morgan fingerprint density at radius 3 is 2.62 bits per heavy atom. The van der Waals surface area contributed by atoms with Crippen molar-refractivity contribution in [3.8, 4) is 11.5 Å². The zero-order chi connectivity index (χ0) is 16.8. The second-order valence-corrected chi connectivity index (χ2v) is 6.99. The van der Waals surface area contributed by atoms with Crippen LogP contribution >= 0.6 is 0 Å². The molecule has 1 saturated heterocycles. The highest BCUT2D eigenvalue weighted by atomic mass is 16.5. The maximum atomic E-state index is 9.92. The van der Waals surface area contributed by atoms with Gasteiger partial charge in [0.25, 0.3) is 0 Å². The van der Waals surface area contributed by atoms with E-state index in [1.807, 2.05) is 12.1 Å². The standard InChI is InChI=1S/C19H30N2O3/c1-23-18-6-5-16(13-17(18)22)14-20-15-19(7-3-2-4-8-19)21-9-11-24-12-10-21/h5-6,13,20,22H,2-4,7-12,14-15H2,1H3. The van der Waals surface area contributed by atoms with Crippen LogP contribution in [0.2, 0.25) is 0 Å². The fourth-order valence-corrected chi connectivity index (χ4v) is 4.14. The predicted molar refractivity (Wildman–Crippen MR) is 94.6 cm³/mol. The average Bonchev–Trinajstić information content (AvgIpc) is 2.63. The third kappa shape index (κ3) is 4.02. The number of morpholine rings is 1. The van der Waals surface area contributed by atoms with Crippen molar-refractivity contribution in [3.63, 3.8) is 0 Å². The minimum absolute atomic E-state index is 0.206. The lowest BCUT2D eigenvalue weighted by atomic mass is 9.79. The van der Waals surface area contributed by atoms with Crippen molar-refractivity contribution in [2.75, 3.05) is 40.0 Å². The first-order valence-electron chi connectivity index (χ1n) is 9.13. The van der Waals surface area contributed by atoms with Gasteiger partial charge in [0.2, 0.25) is 0 Å². The molecule has 0 radical (unpaired) electrons. The number of phenols is 1. The molecular formula is C19H30N2O3. The molecule has 0 aromatic heterocycles. The topological polar surface area (TPSA) is 54.0 Å². The number of methoxy groups -OCH3 is 1. The van der Waals surface area contributed by atoms with Gasteiger partial charge in [0.05, 0.1) is 20.3 Å². The largest absolute Gasteiger partial charge is 0.504 e. The summed E-state index contributed by atoms with van der Waals surface area (Å²) >= 11 is 0. The van der Waals surface area contributed by atoms with Crippen LogP contribution in [0.1, 0.15) is 37.7 Å². The van der Waals surface area contributed by atoms with Gasteiger partial charge in [-0.25, -0.2) is 0 Å². The molecule has 134 valence electrons. The molecule has 0 spiro atoms. The first-order valence-corrected chi connectivity index (χ1v) is 9.13. The van der Waals surface area contributed by atoms with E-state index in [4.69, 9.17) is 9.47 Å². The number of rotatable bonds is 6. The van der Waals surface area contributed by atoms with Crippen LogP contribution < -0.4 is 10.1 Å². The third-order valence-corrected chi connectivity index (χ3v) is 5.49. The van der Waals surface area contributed by atoms with Gasteiger partial charge in [-0.2, -0.15) is 0 Å². The number of hydrogen-bond donors (Lipinski definition) is 2. The summed E-state index contributed by atoms with van der Waals surface area (Å²) in [5.74, 6) is 0.730. The summed E-state index contributed by atoms with van der Waals surface area (Å²) in [5, 5.41) is 13.6. The summed E-state index contributed by atoms with van der Waals surface area (Å²) in [4.78, 5) is 2.65. The molecule has 1 aromatic rings. The van der Waals surface area contributed by atoms with E-state index < -0.39 is 0 Å². The van der Waals surface area contributed by atoms with E-state index in [1.165, 1.54) is 32.1 Å². The normalized spacial score (nSPS) is 21.5. The number of nitrogens with one attached hydrogen (secondary N) is 1. The summed E-state index contributed by atoms with van der Waals surface area (Å²) in [7, 11) is 1.57. The highest BCUT2D eigenvalue weighted by Gasteiger charge is 2.38. The predicted octanol–water partition coefficient (Wildman–Crippen LogP) is 2.53. The van der Waals surface area contributed by atoms with Gasteiger partial charge in [-0.1, -0.05) is 25.3 Å². The molecule has 3 rings (SSSR count). The molecule has 0 unspecified atom stereocenters. The van der Waals surface area contributed by atoms with E-state index in [2.05, 4.69) is 10.2 Å². The van der Waals surface area contributed by atoms with Crippen LogP contribution in [-0.2, 0) is 11.3 Å². The summed E-state index contributed by atoms with van der Waals surface area (Å²) in [5.41, 5.74) is 1.36. The minimum Gasteiger partial charge on any atom is -0.504 e. The quantitative estimate of drug-likeness (QED) is 0.837. The van der Waals surface area contributed by atoms with Crippen molar-refractivity contribution in [3.05, 3.63) is 23.8 Å². The second-order valence-electron chi connectivity index (χ2n) is 6.99. The first kappa shape index (κ1) is 17.5. The lowest BCUT2D eigenvalue weighted by molar-refractivity contribution is -0.0369. The number of hydrogen-bond acceptors (Lipinski definition) is 5. The molecule has 1 saturated carbocycles. The van der Waals surface area contributed by atoms with Crippen LogP contribution in [0, 0.1) is 0 Å². The first-order chi connectivity index (χ1) is 11.7. The van der Waals surface area contributed by atoms with Gasteiger partial charge in [0.1, 0.15) is 0 Å². The number of phenolic OH excluding ortho intramolecular Hbond substituents is 1. The minimum atomic E-state index is 0.206. The maximum Gasteiger partial charge on any atom is 0.160 e. The summed E-state index contributed by atoms with van der Waals surface area (Å²) < 4.78 is 10.6. The van der Waals surface area contributed by atoms with E-state index in [0.717, 1.165) is 45.0 Å². The van der Waals surface area contributed by atoms with Crippen LogP contribution in [-0.4, -0.2) is 55.5 Å². The van der Waals surface area contributed by atoms with E-state index >= 15 is 0 Å². The SMILES string of the molecule is COc1ccc(CNCC2(N3CCOCC3)CCCCC2)cc1O. The van der Waals surface area contributed by atoms with Gasteiger partial charge >= 0.3 is 0 Å². The Bertz CT molecular complexity index is 523. The maximum absolute atomic E-state index is 9.92. The van der Waals surface area contributed by atoms with Crippen molar-refractivity contribution < 1.29 is 14.6 Å². The Labute approximate surface area is 144 Å². The van der Waals surface area contributed by atoms with E-state index in [1.54, 1.807) is 13.2 Å². The van der Waals surface area contributed by atoms with Crippen LogP contribution in [0.25, 0.3) is 0 Å². The molecule has 1 aliphatic heterocycles. The van der Waals surface area contributed by atoms with E-state index in [0.29, 0.717) is 5.75 Å². The van der Waals surface area contributed by atoms with Crippen molar-refractivity contribution in [1.29, 1.82) is 0 Å². The summed E-state index contributed by atoms with van der Waals surface area (Å²) in [6, 6.07) is 5.62. The molecular weight excluding hydrogens is 304 g/mol. The summed E-state index contributed by atoms with van der Waals surface area (Å²) in [6.07, 6.45) is 6.55. The zero-order valence-corrected chi connectivity index (χ0v) is 14.7. The van der Waals surface area contributed by atoms with Crippen LogP contribution in [0.5, 0.6) is 11.5 Å². The highest BCUT2D eigenvalue weighted by Crippen LogP contribution is 2.34.